The minimum Gasteiger partial charge on any atom is -0.497 e. The molecule has 216 valence electrons. The summed E-state index contributed by atoms with van der Waals surface area (Å²) in [6.45, 7) is 1.91. The van der Waals surface area contributed by atoms with E-state index in [1.54, 1.807) is 61.1 Å². The molecule has 6 rings (SSSR count). The van der Waals surface area contributed by atoms with Crippen molar-refractivity contribution in [2.45, 2.75) is 13.0 Å². The molecule has 1 atom stereocenters. The summed E-state index contributed by atoms with van der Waals surface area (Å²) in [5.74, 6) is 1.15. The molecular weight excluding hydrogens is 607 g/mol. The molecule has 1 unspecified atom stereocenters. The third-order valence-electron chi connectivity index (χ3n) is 6.91. The molecule has 3 aromatic carbocycles. The summed E-state index contributed by atoms with van der Waals surface area (Å²) < 4.78 is 18.8. The summed E-state index contributed by atoms with van der Waals surface area (Å²) >= 11 is 13.5. The molecule has 0 amide bonds. The van der Waals surface area contributed by atoms with Crippen LogP contribution in [0.5, 0.6) is 5.75 Å². The topological polar surface area (TPSA) is 83.0 Å². The average Bonchev–Trinajstić information content (AvgIpc) is 3.62. The van der Waals surface area contributed by atoms with E-state index in [4.69, 9.17) is 42.1 Å². The van der Waals surface area contributed by atoms with E-state index in [-0.39, 0.29) is 17.7 Å². The number of carbonyl (C=O) groups excluding carboxylic acids is 1. The predicted molar refractivity (Wildman–Crippen MR) is 168 cm³/mol. The number of rotatable bonds is 7. The van der Waals surface area contributed by atoms with Gasteiger partial charge in [-0.25, -0.2) is 9.79 Å². The highest BCUT2D eigenvalue weighted by Gasteiger charge is 2.35. The fourth-order valence-corrected chi connectivity index (χ4v) is 6.19. The van der Waals surface area contributed by atoms with Gasteiger partial charge in [0.15, 0.2) is 4.80 Å². The summed E-state index contributed by atoms with van der Waals surface area (Å²) in [7, 11) is 1.58. The van der Waals surface area contributed by atoms with Crippen molar-refractivity contribution in [2.75, 3.05) is 13.7 Å². The van der Waals surface area contributed by atoms with Crippen LogP contribution in [0.25, 0.3) is 23.1 Å². The zero-order chi connectivity index (χ0) is 30.1. The van der Waals surface area contributed by atoms with Gasteiger partial charge in [-0.3, -0.25) is 9.36 Å². The van der Waals surface area contributed by atoms with Crippen molar-refractivity contribution < 1.29 is 18.7 Å². The molecule has 10 heteroatoms. The molecule has 0 aliphatic carbocycles. The highest BCUT2D eigenvalue weighted by Crippen LogP contribution is 2.36. The second kappa shape index (κ2) is 12.1. The van der Waals surface area contributed by atoms with Gasteiger partial charge in [-0.05, 0) is 55.0 Å². The molecule has 43 heavy (non-hydrogen) atoms. The van der Waals surface area contributed by atoms with E-state index in [1.807, 2.05) is 48.5 Å². The lowest BCUT2D eigenvalue weighted by atomic mass is 9.93. The van der Waals surface area contributed by atoms with Crippen LogP contribution in [0.3, 0.4) is 0 Å². The highest BCUT2D eigenvalue weighted by molar-refractivity contribution is 7.07. The van der Waals surface area contributed by atoms with E-state index >= 15 is 0 Å². The second-order valence-electron chi connectivity index (χ2n) is 9.54. The van der Waals surface area contributed by atoms with Gasteiger partial charge in [0.1, 0.15) is 17.3 Å². The van der Waals surface area contributed by atoms with Crippen LogP contribution in [0.15, 0.2) is 105 Å². The minimum absolute atomic E-state index is 0.170. The number of hydrogen-bond acceptors (Lipinski definition) is 7. The number of ether oxygens (including phenoxy) is 2. The molecule has 5 aromatic rings. The first-order chi connectivity index (χ1) is 20.9. The Bertz CT molecular complexity index is 2040. The second-order valence-corrected chi connectivity index (χ2v) is 11.4. The minimum atomic E-state index is -0.790. The molecule has 7 nitrogen and oxygen atoms in total. The van der Waals surface area contributed by atoms with Crippen LogP contribution in [0, 0.1) is 0 Å². The number of carbonyl (C=O) groups is 1. The van der Waals surface area contributed by atoms with E-state index < -0.39 is 12.0 Å². The van der Waals surface area contributed by atoms with E-state index in [1.165, 1.54) is 11.3 Å². The predicted octanol–water partition coefficient (Wildman–Crippen LogP) is 6.51. The van der Waals surface area contributed by atoms with Gasteiger partial charge in [0.2, 0.25) is 0 Å². The normalized spacial score (nSPS) is 14.8. The van der Waals surface area contributed by atoms with Gasteiger partial charge >= 0.3 is 5.97 Å². The highest BCUT2D eigenvalue weighted by atomic mass is 35.5. The van der Waals surface area contributed by atoms with Gasteiger partial charge < -0.3 is 13.9 Å². The maximum Gasteiger partial charge on any atom is 0.338 e. The largest absolute Gasteiger partial charge is 0.497 e. The van der Waals surface area contributed by atoms with Gasteiger partial charge in [-0.15, -0.1) is 0 Å². The van der Waals surface area contributed by atoms with Crippen molar-refractivity contribution in [2.24, 2.45) is 4.99 Å². The van der Waals surface area contributed by atoms with E-state index in [0.29, 0.717) is 47.9 Å². The Hall–Kier alpha value is -4.37. The lowest BCUT2D eigenvalue weighted by molar-refractivity contribution is -0.138. The number of furan rings is 1. The Morgan fingerprint density at radius 3 is 2.47 bits per heavy atom. The average molecular weight is 632 g/mol. The third-order valence-corrected chi connectivity index (χ3v) is 8.63. The number of esters is 1. The molecule has 0 fully saturated rings. The molecule has 0 saturated carbocycles. The summed E-state index contributed by atoms with van der Waals surface area (Å²) in [6, 6.07) is 24.7. The maximum absolute atomic E-state index is 14.1. The fraction of sp³-hybridized carbons (Fsp3) is 0.121. The van der Waals surface area contributed by atoms with Crippen molar-refractivity contribution in [3.63, 3.8) is 0 Å². The zero-order valence-electron chi connectivity index (χ0n) is 23.0. The van der Waals surface area contributed by atoms with Gasteiger partial charge in [-0.2, -0.15) is 0 Å². The summed E-state index contributed by atoms with van der Waals surface area (Å²) in [5, 5.41) is 0.859. The fourth-order valence-electron chi connectivity index (χ4n) is 4.91. The lowest BCUT2D eigenvalue weighted by Gasteiger charge is -2.26. The monoisotopic (exact) mass is 630 g/mol. The van der Waals surface area contributed by atoms with Crippen LogP contribution in [-0.2, 0) is 9.53 Å². The number of halogens is 2. The van der Waals surface area contributed by atoms with Crippen LogP contribution in [0.4, 0.5) is 0 Å². The van der Waals surface area contributed by atoms with Crippen LogP contribution < -0.4 is 19.6 Å². The first-order valence-corrected chi connectivity index (χ1v) is 14.9. The number of fused-ring (bicyclic) bond motifs is 1. The number of aromatic nitrogens is 1. The molecule has 1 aliphatic rings. The number of thiazole rings is 1. The summed E-state index contributed by atoms with van der Waals surface area (Å²) in [4.78, 5) is 32.9. The van der Waals surface area contributed by atoms with Crippen molar-refractivity contribution in [1.29, 1.82) is 0 Å². The van der Waals surface area contributed by atoms with Gasteiger partial charge in [0, 0.05) is 17.2 Å². The van der Waals surface area contributed by atoms with Crippen molar-refractivity contribution in [3.8, 4) is 17.1 Å². The number of methoxy groups -OCH3 is 1. The quantitative estimate of drug-likeness (QED) is 0.191. The van der Waals surface area contributed by atoms with Crippen molar-refractivity contribution in [1.82, 2.24) is 4.57 Å². The molecule has 0 spiro atoms. The molecular formula is C33H24Cl2N2O5S. The van der Waals surface area contributed by atoms with Crippen LogP contribution in [0.2, 0.25) is 10.0 Å². The van der Waals surface area contributed by atoms with E-state index in [2.05, 4.69) is 0 Å². The third kappa shape index (κ3) is 5.57. The van der Waals surface area contributed by atoms with Gasteiger partial charge in [0.25, 0.3) is 5.56 Å². The molecule has 2 aromatic heterocycles. The molecule has 0 saturated heterocycles. The maximum atomic E-state index is 14.1. The molecule has 3 heterocycles. The smallest absolute Gasteiger partial charge is 0.338 e. The van der Waals surface area contributed by atoms with Gasteiger partial charge in [-0.1, -0.05) is 77.0 Å². The number of hydrogen-bond donors (Lipinski definition) is 0. The van der Waals surface area contributed by atoms with E-state index in [9.17, 15) is 9.59 Å². The summed E-state index contributed by atoms with van der Waals surface area (Å²) in [6.07, 6.45) is 1.67. The first kappa shape index (κ1) is 28.7. The van der Waals surface area contributed by atoms with Crippen molar-refractivity contribution in [3.05, 3.63) is 137 Å². The molecule has 0 bridgehead atoms. The molecule has 0 N–H and O–H groups in total. The SMILES string of the molecule is CCOC(=O)C1=C(c2ccccc2)N=c2s/c(=C\c3ccc(-c4ccc(Cl)c(Cl)c4)o3)c(=O)n2C1c1ccc(OC)cc1. The van der Waals surface area contributed by atoms with Crippen LogP contribution >= 0.6 is 34.5 Å². The Balaban J connectivity index is 1.55. The number of nitrogens with zero attached hydrogens (tertiary/aromatic N) is 2. The Labute approximate surface area is 260 Å². The van der Waals surface area contributed by atoms with Crippen LogP contribution in [0.1, 0.15) is 29.9 Å². The Kier molecular flexibility index (Phi) is 8.08. The first-order valence-electron chi connectivity index (χ1n) is 13.4. The van der Waals surface area contributed by atoms with E-state index in [0.717, 1.165) is 11.1 Å². The molecule has 0 radical (unpaired) electrons. The zero-order valence-corrected chi connectivity index (χ0v) is 25.4. The standard InChI is InChI=1S/C33H24Cl2N2O5S/c1-3-41-32(39)28-29(19-7-5-4-6-8-19)36-33-37(30(28)20-9-12-22(40-2)13-10-20)31(38)27(43-33)18-23-14-16-26(42-23)21-11-15-24(34)25(35)17-21/h4-18,30H,3H2,1-2H3/b27-18-. The summed E-state index contributed by atoms with van der Waals surface area (Å²) in [5.41, 5.74) is 2.61. The van der Waals surface area contributed by atoms with Crippen LogP contribution in [-0.4, -0.2) is 24.3 Å². The van der Waals surface area contributed by atoms with Crippen molar-refractivity contribution >= 4 is 52.3 Å². The molecule has 1 aliphatic heterocycles. The van der Waals surface area contributed by atoms with Gasteiger partial charge in [0.05, 0.1) is 45.6 Å². The number of benzene rings is 3. The lowest BCUT2D eigenvalue weighted by Crippen LogP contribution is -2.40. The Morgan fingerprint density at radius 2 is 1.77 bits per heavy atom. The Morgan fingerprint density at radius 1 is 1.00 bits per heavy atom.